The summed E-state index contributed by atoms with van der Waals surface area (Å²) in [5.41, 5.74) is 17.3. The number of fused-ring (bicyclic) bond motifs is 9. The normalized spacial score (nSPS) is 25.2. The first-order valence-corrected chi connectivity index (χ1v) is 21.9. The van der Waals surface area contributed by atoms with Crippen LogP contribution in [0, 0.1) is 6.92 Å². The van der Waals surface area contributed by atoms with Crippen molar-refractivity contribution in [3.8, 4) is 22.8 Å². The number of anilines is 2. The van der Waals surface area contributed by atoms with E-state index in [-0.39, 0.29) is 41.6 Å². The summed E-state index contributed by atoms with van der Waals surface area (Å²) in [5, 5.41) is 21.3. The number of ether oxygens (including phenoxy) is 3. The summed E-state index contributed by atoms with van der Waals surface area (Å²) >= 11 is 0. The third-order valence-corrected chi connectivity index (χ3v) is 13.9. The lowest BCUT2D eigenvalue weighted by molar-refractivity contribution is -0.169. The number of aromatic hydroxyl groups is 1. The van der Waals surface area contributed by atoms with Gasteiger partial charge in [-0.15, -0.1) is 0 Å². The molecule has 0 unspecified atom stereocenters. The first kappa shape index (κ1) is 38.5. The van der Waals surface area contributed by atoms with Crippen molar-refractivity contribution >= 4 is 55.9 Å². The highest BCUT2D eigenvalue weighted by Gasteiger charge is 2.63. The van der Waals surface area contributed by atoms with Crippen LogP contribution in [0.25, 0.3) is 22.2 Å². The second kappa shape index (κ2) is 15.0. The number of benzene rings is 1. The number of phenols is 1. The number of esters is 1. The molecule has 8 heterocycles. The topological polar surface area (TPSA) is 212 Å². The summed E-state index contributed by atoms with van der Waals surface area (Å²) in [5.74, 6) is 1.86. The van der Waals surface area contributed by atoms with E-state index < -0.39 is 29.4 Å². The van der Waals surface area contributed by atoms with Gasteiger partial charge in [-0.1, -0.05) is 21.6 Å². The smallest absolute Gasteiger partial charge is 0.341 e. The first-order valence-electron chi connectivity index (χ1n) is 19.4. The average Bonchev–Trinajstić information content (AvgIpc) is 3.49. The number of carbonyl (C=O) groups excluding carboxylic acids is 1. The number of nitrogens with two attached hydrogens (primary N) is 2. The fourth-order valence-corrected chi connectivity index (χ4v) is 10.8. The van der Waals surface area contributed by atoms with Gasteiger partial charge in [-0.2, -0.15) is 0 Å². The largest absolute Gasteiger partial charge is 0.507 e. The number of nitrogens with zero attached hydrogens (tertiary/aromatic N) is 4. The number of aliphatic imine (C=N–C) groups is 1. The monoisotopic (exact) mass is 824 g/mol. The Kier molecular flexibility index (Phi) is 9.93. The van der Waals surface area contributed by atoms with Gasteiger partial charge < -0.3 is 45.2 Å². The van der Waals surface area contributed by atoms with E-state index in [1.54, 1.807) is 34.6 Å². The van der Waals surface area contributed by atoms with Crippen molar-refractivity contribution in [3.63, 3.8) is 0 Å². The van der Waals surface area contributed by atoms with Crippen LogP contribution in [0.15, 0.2) is 68.6 Å². The van der Waals surface area contributed by atoms with Gasteiger partial charge in [0.2, 0.25) is 0 Å². The summed E-state index contributed by atoms with van der Waals surface area (Å²) in [6.07, 6.45) is 6.76. The Balaban J connectivity index is 1.06. The Hall–Kier alpha value is -5.03. The number of aliphatic hydroxyl groups is 1. The molecule has 0 amide bonds. The molecule has 1 fully saturated rings. The fourth-order valence-electron chi connectivity index (χ4n) is 8.48. The lowest BCUT2D eigenvalue weighted by Gasteiger charge is -2.42. The van der Waals surface area contributed by atoms with E-state index >= 15 is 0 Å². The maximum Gasteiger partial charge on any atom is 0.341 e. The Labute approximate surface area is 342 Å². The lowest BCUT2D eigenvalue weighted by Crippen LogP contribution is -2.53. The second-order valence-electron chi connectivity index (χ2n) is 15.7. The molecule has 0 radical (unpaired) electrons. The number of hydrogen-bond donors (Lipinski definition) is 4. The molecule has 14 nitrogen and oxygen atoms in total. The Morgan fingerprint density at radius 2 is 1.93 bits per heavy atom. The number of aliphatic hydroxyl groups excluding tert-OH is 1. The quantitative estimate of drug-likeness (QED) is 0.111. The van der Waals surface area contributed by atoms with Crippen molar-refractivity contribution < 1.29 is 33.6 Å². The number of carbonyl (C=O) groups is 1. The molecule has 5 aliphatic heterocycles. The maximum atomic E-state index is 14.3. The molecular formula is C42H44N6O8S2. The number of hydrogen-bond acceptors (Lipinski definition) is 16. The van der Waals surface area contributed by atoms with Gasteiger partial charge in [0, 0.05) is 77.8 Å². The summed E-state index contributed by atoms with van der Waals surface area (Å²) in [4.78, 5) is 43.5. The van der Waals surface area contributed by atoms with Gasteiger partial charge in [-0.05, 0) is 69.4 Å². The van der Waals surface area contributed by atoms with Gasteiger partial charge >= 0.3 is 5.97 Å². The molecule has 58 heavy (non-hydrogen) atoms. The van der Waals surface area contributed by atoms with Crippen LogP contribution in [0.3, 0.4) is 0 Å². The predicted octanol–water partition coefficient (Wildman–Crippen LogP) is 5.53. The third-order valence-electron chi connectivity index (χ3n) is 11.6. The minimum absolute atomic E-state index is 0.0455. The minimum atomic E-state index is -1.27. The molecular weight excluding hydrogens is 781 g/mol. The molecule has 4 aromatic rings. The summed E-state index contributed by atoms with van der Waals surface area (Å²) in [6, 6.07) is 8.85. The standard InChI is InChI=1S/C42H44N6O8S2/c1-22-12-31(50)37-33(53-22)17-32-27(38(37)51)16-35-41(2,55-32)8-11-57-58-21-28-26(15-25(46-39(28)44)19-48-18-24-6-9-45-30(24)20-48)29-13-23(14-36(43)47-29)4-5-34-42(56-34,7-3-10-49)40(52)54-35/h6,9,12-15,17-18,34-35,49,51H,3-5,7-8,10-11,16,19-21H2,1-2H3,(H2,43,47)(H2,44,46)/t34-,35-,41-,42+/m0/s1. The van der Waals surface area contributed by atoms with Crippen molar-refractivity contribution in [2.75, 3.05) is 30.4 Å². The van der Waals surface area contributed by atoms with E-state index in [4.69, 9.17) is 40.1 Å². The molecule has 16 heteroatoms. The minimum Gasteiger partial charge on any atom is -0.507 e. The van der Waals surface area contributed by atoms with Crippen molar-refractivity contribution in [1.29, 1.82) is 0 Å². The molecule has 302 valence electrons. The van der Waals surface area contributed by atoms with Gasteiger partial charge in [0.1, 0.15) is 51.6 Å². The summed E-state index contributed by atoms with van der Waals surface area (Å²) in [7, 11) is 3.24. The van der Waals surface area contributed by atoms with Crippen molar-refractivity contribution in [1.82, 2.24) is 14.9 Å². The van der Waals surface area contributed by atoms with Gasteiger partial charge in [-0.3, -0.25) is 9.79 Å². The Bertz CT molecular complexity index is 2510. The zero-order chi connectivity index (χ0) is 40.3. The number of epoxide rings is 1. The third kappa shape index (κ3) is 7.09. The van der Waals surface area contributed by atoms with Crippen LogP contribution in [0.5, 0.6) is 11.5 Å². The number of allylic oxidation sites excluding steroid dienone is 1. The zero-order valence-electron chi connectivity index (χ0n) is 32.2. The van der Waals surface area contributed by atoms with Crippen LogP contribution >= 0.6 is 21.6 Å². The van der Waals surface area contributed by atoms with E-state index in [9.17, 15) is 19.8 Å². The van der Waals surface area contributed by atoms with E-state index in [1.807, 2.05) is 37.4 Å². The summed E-state index contributed by atoms with van der Waals surface area (Å²) in [6.45, 7) is 4.67. The SMILES string of the molecule is Cc1cc(=O)c2c(O)c3c(cc2o1)O[C@@]1(C)CCSSCc2c(cc(CN4C=C5C=CN=C5C4)nc2N)-c2cc(cc(N)n2)CC[C@@H]2O[C@@]2(CCCO)C(=O)O[C@H]1C3. The molecule has 0 aliphatic carbocycles. The number of phenolic OH excluding ortho intramolecular Hbond substituents is 1. The van der Waals surface area contributed by atoms with E-state index in [0.717, 1.165) is 33.7 Å². The molecule has 5 aliphatic rings. The number of aryl methyl sites for hydroxylation is 2. The van der Waals surface area contributed by atoms with Crippen LogP contribution in [-0.4, -0.2) is 79.1 Å². The Morgan fingerprint density at radius 1 is 1.07 bits per heavy atom. The molecule has 6 N–H and O–H groups in total. The first-order chi connectivity index (χ1) is 27.9. The molecule has 1 saturated heterocycles. The van der Waals surface area contributed by atoms with Crippen LogP contribution in [0.4, 0.5) is 11.6 Å². The van der Waals surface area contributed by atoms with Gasteiger partial charge in [-0.25, -0.2) is 14.8 Å². The van der Waals surface area contributed by atoms with Crippen LogP contribution in [0.1, 0.15) is 60.8 Å². The molecule has 2 bridgehead atoms. The van der Waals surface area contributed by atoms with Crippen LogP contribution in [0.2, 0.25) is 0 Å². The molecule has 9 rings (SSSR count). The van der Waals surface area contributed by atoms with Crippen molar-refractivity contribution in [2.45, 2.75) is 88.1 Å². The molecule has 3 aromatic heterocycles. The lowest BCUT2D eigenvalue weighted by atomic mass is 9.86. The predicted molar refractivity (Wildman–Crippen MR) is 223 cm³/mol. The maximum absolute atomic E-state index is 14.3. The highest BCUT2D eigenvalue weighted by Crippen LogP contribution is 2.49. The number of nitrogen functional groups attached to an aromatic ring is 2. The fraction of sp³-hybridized carbons (Fsp3) is 0.405. The Morgan fingerprint density at radius 3 is 2.76 bits per heavy atom. The number of aromatic nitrogens is 2. The van der Waals surface area contributed by atoms with Gasteiger partial charge in [0.15, 0.2) is 11.0 Å². The van der Waals surface area contributed by atoms with Crippen molar-refractivity contribution in [3.05, 3.63) is 92.7 Å². The second-order valence-corrected chi connectivity index (χ2v) is 18.3. The number of pyridine rings is 2. The molecule has 1 aromatic carbocycles. The zero-order valence-corrected chi connectivity index (χ0v) is 33.8. The number of rotatable bonds is 5. The van der Waals surface area contributed by atoms with E-state index in [1.165, 1.54) is 6.07 Å². The highest BCUT2D eigenvalue weighted by atomic mass is 33.1. The molecule has 0 saturated carbocycles. The van der Waals surface area contributed by atoms with Crippen LogP contribution < -0.4 is 21.6 Å². The van der Waals surface area contributed by atoms with E-state index in [2.05, 4.69) is 16.1 Å². The molecule has 0 spiro atoms. The highest BCUT2D eigenvalue weighted by molar-refractivity contribution is 8.76. The van der Waals surface area contributed by atoms with Gasteiger partial charge in [0.25, 0.3) is 0 Å². The van der Waals surface area contributed by atoms with Gasteiger partial charge in [0.05, 0.1) is 36.3 Å². The molecule has 4 atom stereocenters. The van der Waals surface area contributed by atoms with E-state index in [0.29, 0.717) is 84.7 Å². The average molecular weight is 825 g/mol. The summed E-state index contributed by atoms with van der Waals surface area (Å²) < 4.78 is 25.1. The van der Waals surface area contributed by atoms with Crippen molar-refractivity contribution in [2.24, 2.45) is 4.99 Å². The van der Waals surface area contributed by atoms with Crippen LogP contribution in [-0.2, 0) is 39.4 Å².